The van der Waals surface area contributed by atoms with E-state index in [1.165, 1.54) is 0 Å². The average molecular weight is 252 g/mol. The van der Waals surface area contributed by atoms with Crippen LogP contribution in [0.25, 0.3) is 0 Å². The van der Waals surface area contributed by atoms with Crippen molar-refractivity contribution in [3.8, 4) is 0 Å². The Hall–Kier alpha value is -1.27. The van der Waals surface area contributed by atoms with Crippen LogP contribution in [0.15, 0.2) is 6.07 Å². The zero-order valence-corrected chi connectivity index (χ0v) is 10.8. The molecule has 1 aliphatic heterocycles. The Morgan fingerprint density at radius 2 is 2.35 bits per heavy atom. The third-order valence-corrected chi connectivity index (χ3v) is 3.07. The molecule has 1 unspecified atom stereocenters. The first-order valence-corrected chi connectivity index (χ1v) is 5.95. The smallest absolute Gasteiger partial charge is 0.226 e. The van der Waals surface area contributed by atoms with Gasteiger partial charge in [-0.05, 0) is 19.4 Å². The molecule has 0 amide bonds. The van der Waals surface area contributed by atoms with Crippen molar-refractivity contribution >= 4 is 23.2 Å². The summed E-state index contributed by atoms with van der Waals surface area (Å²) in [5.41, 5.74) is 7.09. The molecule has 0 aromatic carbocycles. The number of likely N-dealkylation sites (N-methyl/N-ethyl adjacent to an activating group) is 1. The lowest BCUT2D eigenvalue weighted by molar-refractivity contribution is 0.193. The van der Waals surface area contributed by atoms with E-state index >= 15 is 0 Å². The quantitative estimate of drug-likeness (QED) is 0.797. The van der Waals surface area contributed by atoms with Gasteiger partial charge in [-0.15, -0.1) is 0 Å². The van der Waals surface area contributed by atoms with Crippen molar-refractivity contribution in [2.24, 2.45) is 5.73 Å². The molecule has 1 fully saturated rings. The van der Waals surface area contributed by atoms with Crippen LogP contribution < -0.4 is 10.6 Å². The average Bonchev–Trinajstić information content (AvgIpc) is 2.80. The van der Waals surface area contributed by atoms with Gasteiger partial charge in [-0.25, -0.2) is 9.97 Å². The summed E-state index contributed by atoms with van der Waals surface area (Å²) in [6, 6.07) is 2.13. The van der Waals surface area contributed by atoms with E-state index < -0.39 is 0 Å². The van der Waals surface area contributed by atoms with Crippen molar-refractivity contribution in [1.29, 1.82) is 0 Å². The third-order valence-electron chi connectivity index (χ3n) is 2.86. The number of thiocarbonyl (C=S) groups is 1. The van der Waals surface area contributed by atoms with Crippen LogP contribution in [0, 0.1) is 6.92 Å². The number of ether oxygens (including phenoxy) is 1. The molecule has 6 heteroatoms. The van der Waals surface area contributed by atoms with E-state index in [4.69, 9.17) is 22.7 Å². The Kier molecular flexibility index (Phi) is 3.54. The normalized spacial score (nSPS) is 19.3. The molecule has 0 saturated carbocycles. The summed E-state index contributed by atoms with van der Waals surface area (Å²) in [7, 11) is 1.97. The van der Waals surface area contributed by atoms with Crippen molar-refractivity contribution in [2.75, 3.05) is 25.2 Å². The Morgan fingerprint density at radius 1 is 1.59 bits per heavy atom. The second kappa shape index (κ2) is 4.93. The first-order valence-electron chi connectivity index (χ1n) is 5.54. The Balaban J connectivity index is 2.27. The SMILES string of the molecule is Cc1cc(C(N)=S)nc(N(C)C2CCOC2)n1. The molecule has 2 N–H and O–H groups in total. The second-order valence-corrected chi connectivity index (χ2v) is 4.63. The minimum atomic E-state index is 0.299. The number of nitrogens with two attached hydrogens (primary N) is 1. The van der Waals surface area contributed by atoms with Crippen LogP contribution in [-0.4, -0.2) is 41.3 Å². The van der Waals surface area contributed by atoms with Crippen molar-refractivity contribution in [3.05, 3.63) is 17.5 Å². The minimum absolute atomic E-state index is 0.299. The molecule has 17 heavy (non-hydrogen) atoms. The van der Waals surface area contributed by atoms with Crippen LogP contribution in [0.1, 0.15) is 17.8 Å². The van der Waals surface area contributed by atoms with E-state index in [1.54, 1.807) is 6.07 Å². The third kappa shape index (κ3) is 2.70. The van der Waals surface area contributed by atoms with Gasteiger partial charge in [0.25, 0.3) is 0 Å². The Morgan fingerprint density at radius 3 is 2.94 bits per heavy atom. The molecule has 2 rings (SSSR count). The maximum atomic E-state index is 5.60. The molecular weight excluding hydrogens is 236 g/mol. The topological polar surface area (TPSA) is 64.3 Å². The van der Waals surface area contributed by atoms with Crippen molar-refractivity contribution in [1.82, 2.24) is 9.97 Å². The molecule has 2 heterocycles. The van der Waals surface area contributed by atoms with E-state index in [1.807, 2.05) is 18.9 Å². The van der Waals surface area contributed by atoms with Crippen LogP contribution in [0.3, 0.4) is 0 Å². The van der Waals surface area contributed by atoms with Crippen LogP contribution >= 0.6 is 12.2 Å². The fraction of sp³-hybridized carbons (Fsp3) is 0.545. The van der Waals surface area contributed by atoms with Gasteiger partial charge in [0.1, 0.15) is 10.7 Å². The summed E-state index contributed by atoms with van der Waals surface area (Å²) in [5.74, 6) is 0.656. The highest BCUT2D eigenvalue weighted by molar-refractivity contribution is 7.80. The summed E-state index contributed by atoms with van der Waals surface area (Å²) < 4.78 is 5.36. The van der Waals surface area contributed by atoms with Gasteiger partial charge < -0.3 is 15.4 Å². The number of aryl methyl sites for hydroxylation is 1. The van der Waals surface area contributed by atoms with Gasteiger partial charge in [-0.2, -0.15) is 0 Å². The predicted octanol–water partition coefficient (Wildman–Crippen LogP) is 0.644. The first kappa shape index (κ1) is 12.2. The molecule has 0 spiro atoms. The minimum Gasteiger partial charge on any atom is -0.388 e. The molecule has 1 saturated heterocycles. The predicted molar refractivity (Wildman–Crippen MR) is 70.3 cm³/mol. The molecule has 1 aliphatic rings. The van der Waals surface area contributed by atoms with Gasteiger partial charge in [-0.1, -0.05) is 12.2 Å². The molecular formula is C11H16N4OS. The van der Waals surface area contributed by atoms with E-state index in [0.29, 0.717) is 22.7 Å². The number of anilines is 1. The van der Waals surface area contributed by atoms with Crippen molar-refractivity contribution < 1.29 is 4.74 Å². The van der Waals surface area contributed by atoms with Gasteiger partial charge in [0.05, 0.1) is 12.6 Å². The summed E-state index contributed by atoms with van der Waals surface area (Å²) in [4.78, 5) is 11.1. The molecule has 0 radical (unpaired) electrons. The van der Waals surface area contributed by atoms with Gasteiger partial charge in [0.2, 0.25) is 5.95 Å². The molecule has 5 nitrogen and oxygen atoms in total. The van der Waals surface area contributed by atoms with Crippen LogP contribution in [0.4, 0.5) is 5.95 Å². The molecule has 0 aliphatic carbocycles. The highest BCUT2D eigenvalue weighted by Crippen LogP contribution is 2.17. The molecule has 0 bridgehead atoms. The number of hydrogen-bond donors (Lipinski definition) is 1. The number of rotatable bonds is 3. The van der Waals surface area contributed by atoms with E-state index in [2.05, 4.69) is 9.97 Å². The van der Waals surface area contributed by atoms with Crippen molar-refractivity contribution in [3.63, 3.8) is 0 Å². The largest absolute Gasteiger partial charge is 0.388 e. The number of nitrogens with zero attached hydrogens (tertiary/aromatic N) is 3. The Labute approximate surface area is 106 Å². The fourth-order valence-corrected chi connectivity index (χ4v) is 1.93. The van der Waals surface area contributed by atoms with Crippen LogP contribution in [0.2, 0.25) is 0 Å². The zero-order chi connectivity index (χ0) is 12.4. The van der Waals surface area contributed by atoms with Crippen LogP contribution in [0.5, 0.6) is 0 Å². The highest BCUT2D eigenvalue weighted by atomic mass is 32.1. The monoisotopic (exact) mass is 252 g/mol. The molecule has 1 aromatic rings. The summed E-state index contributed by atoms with van der Waals surface area (Å²) in [6.45, 7) is 3.42. The summed E-state index contributed by atoms with van der Waals surface area (Å²) in [6.07, 6.45) is 0.996. The maximum Gasteiger partial charge on any atom is 0.226 e. The molecule has 1 atom stereocenters. The van der Waals surface area contributed by atoms with Gasteiger partial charge in [-0.3, -0.25) is 0 Å². The highest BCUT2D eigenvalue weighted by Gasteiger charge is 2.22. The standard InChI is InChI=1S/C11H16N4OS/c1-7-5-9(10(12)17)14-11(13-7)15(2)8-3-4-16-6-8/h5,8H,3-4,6H2,1-2H3,(H2,12,17). The lowest BCUT2D eigenvalue weighted by Gasteiger charge is -2.23. The number of hydrogen-bond acceptors (Lipinski definition) is 5. The van der Waals surface area contributed by atoms with Crippen molar-refractivity contribution in [2.45, 2.75) is 19.4 Å². The first-order chi connectivity index (χ1) is 8.08. The van der Waals surface area contributed by atoms with Crippen LogP contribution in [-0.2, 0) is 4.74 Å². The van der Waals surface area contributed by atoms with E-state index in [0.717, 1.165) is 25.3 Å². The van der Waals surface area contributed by atoms with E-state index in [9.17, 15) is 0 Å². The van der Waals surface area contributed by atoms with Gasteiger partial charge in [0.15, 0.2) is 0 Å². The Bertz CT molecular complexity index is 431. The molecule has 92 valence electrons. The summed E-state index contributed by atoms with van der Waals surface area (Å²) in [5, 5.41) is 0. The maximum absolute atomic E-state index is 5.60. The lowest BCUT2D eigenvalue weighted by atomic mass is 10.2. The van der Waals surface area contributed by atoms with Gasteiger partial charge >= 0.3 is 0 Å². The van der Waals surface area contributed by atoms with E-state index in [-0.39, 0.29) is 0 Å². The lowest BCUT2D eigenvalue weighted by Crippen LogP contribution is -2.33. The number of aromatic nitrogens is 2. The second-order valence-electron chi connectivity index (χ2n) is 4.19. The fourth-order valence-electron chi connectivity index (χ4n) is 1.83. The molecule has 1 aromatic heterocycles. The summed E-state index contributed by atoms with van der Waals surface area (Å²) >= 11 is 4.95. The van der Waals surface area contributed by atoms with Gasteiger partial charge in [0, 0.05) is 19.3 Å². The zero-order valence-electron chi connectivity index (χ0n) is 10.0.